The molecule has 2 amide bonds. The number of hydrogen-bond donors (Lipinski definition) is 3. The zero-order valence-corrected chi connectivity index (χ0v) is 11.5. The van der Waals surface area contributed by atoms with Gasteiger partial charge in [0.05, 0.1) is 5.02 Å². The minimum absolute atomic E-state index is 0.0432. The molecule has 0 fully saturated rings. The number of ether oxygens (including phenoxy) is 2. The molecule has 21 heavy (non-hydrogen) atoms. The molecule has 1 aliphatic heterocycles. The zero-order chi connectivity index (χ0) is 14.8. The standard InChI is InChI=1S/C14H11ClN2O4/c15-10-5-8(1-3-11(10)18)16-14(19)17-9-2-4-12-13(6-9)21-7-20-12/h1-6,18H,7H2,(H2,16,17,19). The average Bonchev–Trinajstić information content (AvgIpc) is 2.90. The Balaban J connectivity index is 1.67. The summed E-state index contributed by atoms with van der Waals surface area (Å²) in [6, 6.07) is 9.06. The van der Waals surface area contributed by atoms with Crippen LogP contribution < -0.4 is 20.1 Å². The number of anilines is 2. The van der Waals surface area contributed by atoms with E-state index in [0.29, 0.717) is 22.9 Å². The molecule has 3 rings (SSSR count). The van der Waals surface area contributed by atoms with E-state index >= 15 is 0 Å². The number of carbonyl (C=O) groups is 1. The van der Waals surface area contributed by atoms with Crippen LogP contribution in [0.15, 0.2) is 36.4 Å². The third-order valence-corrected chi connectivity index (χ3v) is 3.14. The number of carbonyl (C=O) groups excluding carboxylic acids is 1. The number of phenols is 1. The molecule has 0 spiro atoms. The van der Waals surface area contributed by atoms with Crippen molar-refractivity contribution in [2.75, 3.05) is 17.4 Å². The Morgan fingerprint density at radius 2 is 1.71 bits per heavy atom. The number of phenolic OH excluding ortho intramolecular Hbond substituents is 1. The van der Waals surface area contributed by atoms with Gasteiger partial charge >= 0.3 is 6.03 Å². The normalized spacial score (nSPS) is 12.0. The summed E-state index contributed by atoms with van der Waals surface area (Å²) in [5.74, 6) is 1.19. The SMILES string of the molecule is O=C(Nc1ccc(O)c(Cl)c1)Nc1ccc2c(c1)OCO2. The van der Waals surface area contributed by atoms with Crippen LogP contribution in [0.25, 0.3) is 0 Å². The predicted molar refractivity (Wildman–Crippen MR) is 78.3 cm³/mol. The van der Waals surface area contributed by atoms with Gasteiger partial charge in [-0.1, -0.05) is 11.6 Å². The van der Waals surface area contributed by atoms with Crippen LogP contribution in [0.4, 0.5) is 16.2 Å². The molecule has 0 bridgehead atoms. The molecule has 0 unspecified atom stereocenters. The monoisotopic (exact) mass is 306 g/mol. The van der Waals surface area contributed by atoms with Gasteiger partial charge in [0.25, 0.3) is 0 Å². The van der Waals surface area contributed by atoms with Crippen molar-refractivity contribution in [3.8, 4) is 17.2 Å². The second kappa shape index (κ2) is 5.41. The van der Waals surface area contributed by atoms with Crippen molar-refractivity contribution >= 4 is 29.0 Å². The van der Waals surface area contributed by atoms with Crippen molar-refractivity contribution in [1.29, 1.82) is 0 Å². The van der Waals surface area contributed by atoms with E-state index in [1.165, 1.54) is 12.1 Å². The zero-order valence-electron chi connectivity index (χ0n) is 10.7. The summed E-state index contributed by atoms with van der Waals surface area (Å²) in [6.45, 7) is 0.178. The topological polar surface area (TPSA) is 79.8 Å². The van der Waals surface area contributed by atoms with Gasteiger partial charge in [-0.25, -0.2) is 4.79 Å². The van der Waals surface area contributed by atoms with Gasteiger partial charge in [-0.15, -0.1) is 0 Å². The van der Waals surface area contributed by atoms with E-state index in [1.807, 2.05) is 0 Å². The van der Waals surface area contributed by atoms with Crippen molar-refractivity contribution in [3.05, 3.63) is 41.4 Å². The average molecular weight is 307 g/mol. The Hall–Kier alpha value is -2.60. The highest BCUT2D eigenvalue weighted by atomic mass is 35.5. The maximum Gasteiger partial charge on any atom is 0.323 e. The Labute approximate surface area is 125 Å². The van der Waals surface area contributed by atoms with E-state index in [2.05, 4.69) is 10.6 Å². The molecule has 0 atom stereocenters. The maximum absolute atomic E-state index is 11.9. The van der Waals surface area contributed by atoms with E-state index in [-0.39, 0.29) is 17.6 Å². The number of amides is 2. The minimum atomic E-state index is -0.435. The molecule has 3 N–H and O–H groups in total. The molecule has 0 aromatic heterocycles. The lowest BCUT2D eigenvalue weighted by atomic mass is 10.3. The molecule has 0 saturated heterocycles. The predicted octanol–water partition coefficient (Wildman–Crippen LogP) is 3.42. The summed E-state index contributed by atoms with van der Waals surface area (Å²) in [6.07, 6.45) is 0. The summed E-state index contributed by atoms with van der Waals surface area (Å²) in [5.41, 5.74) is 1.04. The second-order valence-electron chi connectivity index (χ2n) is 4.31. The van der Waals surface area contributed by atoms with Gasteiger partial charge in [-0.2, -0.15) is 0 Å². The van der Waals surface area contributed by atoms with E-state index in [0.717, 1.165) is 0 Å². The van der Waals surface area contributed by atoms with Gasteiger partial charge in [-0.3, -0.25) is 0 Å². The fourth-order valence-corrected chi connectivity index (χ4v) is 2.03. The molecule has 2 aromatic rings. The molecule has 2 aromatic carbocycles. The second-order valence-corrected chi connectivity index (χ2v) is 4.72. The molecule has 0 saturated carbocycles. The number of fused-ring (bicyclic) bond motifs is 1. The molecule has 1 heterocycles. The van der Waals surface area contributed by atoms with Crippen LogP contribution in [0, 0.1) is 0 Å². The summed E-state index contributed by atoms with van der Waals surface area (Å²) >= 11 is 5.77. The summed E-state index contributed by atoms with van der Waals surface area (Å²) in [5, 5.41) is 14.8. The van der Waals surface area contributed by atoms with E-state index < -0.39 is 6.03 Å². The van der Waals surface area contributed by atoms with Crippen molar-refractivity contribution in [2.24, 2.45) is 0 Å². The highest BCUT2D eigenvalue weighted by molar-refractivity contribution is 6.32. The lowest BCUT2D eigenvalue weighted by molar-refractivity contribution is 0.174. The first-order valence-electron chi connectivity index (χ1n) is 6.08. The van der Waals surface area contributed by atoms with Gasteiger partial charge < -0.3 is 25.2 Å². The number of halogens is 1. The first-order chi connectivity index (χ1) is 10.1. The summed E-state index contributed by atoms with van der Waals surface area (Å²) in [7, 11) is 0. The molecular weight excluding hydrogens is 296 g/mol. The van der Waals surface area contributed by atoms with Crippen LogP contribution in [-0.2, 0) is 0 Å². The van der Waals surface area contributed by atoms with Crippen molar-refractivity contribution in [3.63, 3.8) is 0 Å². The fraction of sp³-hybridized carbons (Fsp3) is 0.0714. The Kier molecular flexibility index (Phi) is 3.45. The number of nitrogens with one attached hydrogen (secondary N) is 2. The van der Waals surface area contributed by atoms with Crippen molar-refractivity contribution in [1.82, 2.24) is 0 Å². The van der Waals surface area contributed by atoms with E-state index in [1.54, 1.807) is 24.3 Å². The van der Waals surface area contributed by atoms with Crippen LogP contribution in [0.3, 0.4) is 0 Å². The highest BCUT2D eigenvalue weighted by Gasteiger charge is 2.14. The lowest BCUT2D eigenvalue weighted by Gasteiger charge is -2.09. The molecule has 0 aliphatic carbocycles. The molecule has 108 valence electrons. The lowest BCUT2D eigenvalue weighted by Crippen LogP contribution is -2.19. The van der Waals surface area contributed by atoms with E-state index in [9.17, 15) is 9.90 Å². The number of aromatic hydroxyl groups is 1. The Morgan fingerprint density at radius 3 is 2.48 bits per heavy atom. The number of hydrogen-bond acceptors (Lipinski definition) is 4. The molecule has 6 nitrogen and oxygen atoms in total. The van der Waals surface area contributed by atoms with Gasteiger partial charge in [0.1, 0.15) is 5.75 Å². The minimum Gasteiger partial charge on any atom is -0.506 e. The maximum atomic E-state index is 11.9. The van der Waals surface area contributed by atoms with E-state index in [4.69, 9.17) is 21.1 Å². The van der Waals surface area contributed by atoms with Crippen molar-refractivity contribution < 1.29 is 19.4 Å². The quantitative estimate of drug-likeness (QED) is 0.743. The first-order valence-corrected chi connectivity index (χ1v) is 6.46. The van der Waals surface area contributed by atoms with Crippen molar-refractivity contribution in [2.45, 2.75) is 0 Å². The molecule has 7 heteroatoms. The van der Waals surface area contributed by atoms with Gasteiger partial charge in [0.2, 0.25) is 6.79 Å². The molecule has 0 radical (unpaired) electrons. The van der Waals surface area contributed by atoms with Crippen LogP contribution >= 0.6 is 11.6 Å². The smallest absolute Gasteiger partial charge is 0.323 e. The molecular formula is C14H11ClN2O4. The number of urea groups is 1. The number of benzene rings is 2. The van der Waals surface area contributed by atoms with Gasteiger partial charge in [-0.05, 0) is 30.3 Å². The number of rotatable bonds is 2. The third kappa shape index (κ3) is 2.95. The summed E-state index contributed by atoms with van der Waals surface area (Å²) in [4.78, 5) is 11.9. The largest absolute Gasteiger partial charge is 0.506 e. The Bertz CT molecular complexity index is 705. The summed E-state index contributed by atoms with van der Waals surface area (Å²) < 4.78 is 10.4. The molecule has 1 aliphatic rings. The van der Waals surface area contributed by atoms with Crippen LogP contribution in [-0.4, -0.2) is 17.9 Å². The van der Waals surface area contributed by atoms with Crippen LogP contribution in [0.1, 0.15) is 0 Å². The van der Waals surface area contributed by atoms with Crippen LogP contribution in [0.5, 0.6) is 17.2 Å². The van der Waals surface area contributed by atoms with Gasteiger partial charge in [0.15, 0.2) is 11.5 Å². The Morgan fingerprint density at radius 1 is 1.05 bits per heavy atom. The highest BCUT2D eigenvalue weighted by Crippen LogP contribution is 2.34. The third-order valence-electron chi connectivity index (χ3n) is 2.84. The van der Waals surface area contributed by atoms with Gasteiger partial charge in [0, 0.05) is 17.4 Å². The van der Waals surface area contributed by atoms with Crippen LogP contribution in [0.2, 0.25) is 5.02 Å². The first kappa shape index (κ1) is 13.4. The fourth-order valence-electron chi connectivity index (χ4n) is 1.85.